The molecule has 2 aromatic rings. The van der Waals surface area contributed by atoms with Crippen molar-refractivity contribution in [1.82, 2.24) is 5.32 Å². The van der Waals surface area contributed by atoms with E-state index in [4.69, 9.17) is 5.26 Å². The zero-order valence-electron chi connectivity index (χ0n) is 11.4. The van der Waals surface area contributed by atoms with Crippen LogP contribution in [0, 0.1) is 18.3 Å². The first-order valence-corrected chi connectivity index (χ1v) is 6.48. The van der Waals surface area contributed by atoms with Gasteiger partial charge in [0.25, 0.3) is 0 Å². The van der Waals surface area contributed by atoms with Gasteiger partial charge < -0.3 is 5.32 Å². The molecule has 0 heterocycles. The van der Waals surface area contributed by atoms with Crippen LogP contribution in [-0.2, 0) is 6.54 Å². The molecule has 0 aliphatic carbocycles. The topological polar surface area (TPSA) is 35.8 Å². The summed E-state index contributed by atoms with van der Waals surface area (Å²) in [5.74, 6) is 0. The molecule has 0 aliphatic rings. The molecule has 0 spiro atoms. The van der Waals surface area contributed by atoms with Gasteiger partial charge in [0.1, 0.15) is 0 Å². The second-order valence-corrected chi connectivity index (χ2v) is 4.76. The number of nitrogens with one attached hydrogen (secondary N) is 1. The molecular formula is C17H18N2. The Morgan fingerprint density at radius 3 is 2.42 bits per heavy atom. The molecule has 0 amide bonds. The van der Waals surface area contributed by atoms with E-state index in [9.17, 15) is 0 Å². The lowest BCUT2D eigenvalue weighted by atomic mass is 10.1. The lowest BCUT2D eigenvalue weighted by Crippen LogP contribution is -2.18. The van der Waals surface area contributed by atoms with E-state index in [1.807, 2.05) is 24.3 Å². The minimum atomic E-state index is 0.271. The molecule has 2 heteroatoms. The Balaban J connectivity index is 1.99. The van der Waals surface area contributed by atoms with E-state index in [0.717, 1.165) is 6.54 Å². The SMILES string of the molecule is Cc1ccccc1CN[C@@H](C)c1ccc(C#N)cc1. The van der Waals surface area contributed by atoms with Crippen molar-refractivity contribution in [3.05, 3.63) is 70.8 Å². The van der Waals surface area contributed by atoms with Gasteiger partial charge in [-0.3, -0.25) is 0 Å². The summed E-state index contributed by atoms with van der Waals surface area (Å²) in [7, 11) is 0. The van der Waals surface area contributed by atoms with Gasteiger partial charge in [-0.2, -0.15) is 5.26 Å². The third-order valence-corrected chi connectivity index (χ3v) is 3.40. The summed E-state index contributed by atoms with van der Waals surface area (Å²) < 4.78 is 0. The molecule has 2 nitrogen and oxygen atoms in total. The number of rotatable bonds is 4. The second kappa shape index (κ2) is 6.17. The third-order valence-electron chi connectivity index (χ3n) is 3.40. The van der Waals surface area contributed by atoms with E-state index in [0.29, 0.717) is 5.56 Å². The number of benzene rings is 2. The fourth-order valence-electron chi connectivity index (χ4n) is 2.04. The molecule has 96 valence electrons. The van der Waals surface area contributed by atoms with E-state index in [2.05, 4.69) is 49.5 Å². The van der Waals surface area contributed by atoms with Crippen molar-refractivity contribution in [3.63, 3.8) is 0 Å². The van der Waals surface area contributed by atoms with Crippen molar-refractivity contribution in [1.29, 1.82) is 5.26 Å². The highest BCUT2D eigenvalue weighted by molar-refractivity contribution is 5.33. The van der Waals surface area contributed by atoms with Crippen LogP contribution in [0.2, 0.25) is 0 Å². The fraction of sp³-hybridized carbons (Fsp3) is 0.235. The Morgan fingerprint density at radius 2 is 1.79 bits per heavy atom. The number of nitrogens with zero attached hydrogens (tertiary/aromatic N) is 1. The van der Waals surface area contributed by atoms with Gasteiger partial charge in [-0.25, -0.2) is 0 Å². The van der Waals surface area contributed by atoms with Gasteiger partial charge in [-0.05, 0) is 42.7 Å². The van der Waals surface area contributed by atoms with Gasteiger partial charge in [0, 0.05) is 12.6 Å². The maximum absolute atomic E-state index is 8.78. The van der Waals surface area contributed by atoms with Crippen molar-refractivity contribution in [2.45, 2.75) is 26.4 Å². The molecule has 2 rings (SSSR count). The van der Waals surface area contributed by atoms with Crippen LogP contribution in [0.25, 0.3) is 0 Å². The standard InChI is InChI=1S/C17H18N2/c1-13-5-3-4-6-17(13)12-19-14(2)16-9-7-15(11-18)8-10-16/h3-10,14,19H,12H2,1-2H3/t14-/m0/s1. The Labute approximate surface area is 114 Å². The van der Waals surface area contributed by atoms with Crippen LogP contribution in [0.3, 0.4) is 0 Å². The number of nitriles is 1. The molecule has 19 heavy (non-hydrogen) atoms. The van der Waals surface area contributed by atoms with Gasteiger partial charge in [0.05, 0.1) is 11.6 Å². The summed E-state index contributed by atoms with van der Waals surface area (Å²) in [4.78, 5) is 0. The van der Waals surface area contributed by atoms with Gasteiger partial charge >= 0.3 is 0 Å². The molecule has 2 aromatic carbocycles. The molecule has 0 saturated carbocycles. The Morgan fingerprint density at radius 1 is 1.11 bits per heavy atom. The summed E-state index contributed by atoms with van der Waals surface area (Å²) in [6.07, 6.45) is 0. The van der Waals surface area contributed by atoms with Crippen molar-refractivity contribution < 1.29 is 0 Å². The molecule has 1 atom stereocenters. The summed E-state index contributed by atoms with van der Waals surface area (Å²) in [6.45, 7) is 5.12. The van der Waals surface area contributed by atoms with E-state index >= 15 is 0 Å². The minimum absolute atomic E-state index is 0.271. The highest BCUT2D eigenvalue weighted by Gasteiger charge is 2.05. The molecule has 0 fully saturated rings. The number of aryl methyl sites for hydroxylation is 1. The molecule has 0 aliphatic heterocycles. The van der Waals surface area contributed by atoms with Crippen molar-refractivity contribution >= 4 is 0 Å². The highest BCUT2D eigenvalue weighted by atomic mass is 14.9. The van der Waals surface area contributed by atoms with Gasteiger partial charge in [-0.1, -0.05) is 36.4 Å². The summed E-state index contributed by atoms with van der Waals surface area (Å²) in [5.41, 5.74) is 4.53. The quantitative estimate of drug-likeness (QED) is 0.897. The zero-order chi connectivity index (χ0) is 13.7. The van der Waals surface area contributed by atoms with Crippen LogP contribution in [0.4, 0.5) is 0 Å². The molecule has 1 N–H and O–H groups in total. The van der Waals surface area contributed by atoms with Crippen LogP contribution in [0.5, 0.6) is 0 Å². The molecule has 0 unspecified atom stereocenters. The van der Waals surface area contributed by atoms with Crippen molar-refractivity contribution in [3.8, 4) is 6.07 Å². The molecule has 0 aromatic heterocycles. The lowest BCUT2D eigenvalue weighted by Gasteiger charge is -2.15. The Bertz CT molecular complexity index is 579. The number of hydrogen-bond donors (Lipinski definition) is 1. The Hall–Kier alpha value is -2.11. The van der Waals surface area contributed by atoms with E-state index in [-0.39, 0.29) is 6.04 Å². The van der Waals surface area contributed by atoms with Crippen molar-refractivity contribution in [2.24, 2.45) is 0 Å². The summed E-state index contributed by atoms with van der Waals surface area (Å²) in [5, 5.41) is 12.3. The van der Waals surface area contributed by atoms with Gasteiger partial charge in [0.15, 0.2) is 0 Å². The Kier molecular flexibility index (Phi) is 4.33. The van der Waals surface area contributed by atoms with Crippen LogP contribution < -0.4 is 5.32 Å². The van der Waals surface area contributed by atoms with Gasteiger partial charge in [0.2, 0.25) is 0 Å². The van der Waals surface area contributed by atoms with Crippen LogP contribution in [0.15, 0.2) is 48.5 Å². The molecular weight excluding hydrogens is 232 g/mol. The predicted molar refractivity (Wildman–Crippen MR) is 77.6 cm³/mol. The summed E-state index contributed by atoms with van der Waals surface area (Å²) >= 11 is 0. The molecule has 0 radical (unpaired) electrons. The van der Waals surface area contributed by atoms with Crippen molar-refractivity contribution in [2.75, 3.05) is 0 Å². The van der Waals surface area contributed by atoms with Gasteiger partial charge in [-0.15, -0.1) is 0 Å². The molecule has 0 saturated heterocycles. The van der Waals surface area contributed by atoms with Crippen LogP contribution >= 0.6 is 0 Å². The largest absolute Gasteiger partial charge is 0.306 e. The maximum Gasteiger partial charge on any atom is 0.0991 e. The lowest BCUT2D eigenvalue weighted by molar-refractivity contribution is 0.573. The maximum atomic E-state index is 8.78. The molecule has 0 bridgehead atoms. The second-order valence-electron chi connectivity index (χ2n) is 4.76. The fourth-order valence-corrected chi connectivity index (χ4v) is 2.04. The average molecular weight is 250 g/mol. The summed E-state index contributed by atoms with van der Waals surface area (Å²) in [6, 6.07) is 18.5. The predicted octanol–water partition coefficient (Wildman–Crippen LogP) is 3.72. The van der Waals surface area contributed by atoms with Crippen LogP contribution in [0.1, 0.15) is 35.2 Å². The minimum Gasteiger partial charge on any atom is -0.306 e. The smallest absolute Gasteiger partial charge is 0.0991 e. The normalized spacial score (nSPS) is 11.8. The van der Waals surface area contributed by atoms with E-state index in [1.54, 1.807) is 0 Å². The van der Waals surface area contributed by atoms with Crippen LogP contribution in [-0.4, -0.2) is 0 Å². The van der Waals surface area contributed by atoms with E-state index < -0.39 is 0 Å². The first kappa shape index (κ1) is 13.3. The zero-order valence-corrected chi connectivity index (χ0v) is 11.4. The first-order chi connectivity index (χ1) is 9.20. The monoisotopic (exact) mass is 250 g/mol. The average Bonchev–Trinajstić information content (AvgIpc) is 2.46. The number of hydrogen-bond acceptors (Lipinski definition) is 2. The third kappa shape index (κ3) is 3.43. The van der Waals surface area contributed by atoms with E-state index in [1.165, 1.54) is 16.7 Å². The first-order valence-electron chi connectivity index (χ1n) is 6.48. The highest BCUT2D eigenvalue weighted by Crippen LogP contribution is 2.15.